The summed E-state index contributed by atoms with van der Waals surface area (Å²) in [5.74, 6) is 1.54. The number of halogens is 1. The first-order valence-electron chi connectivity index (χ1n) is 20.2. The summed E-state index contributed by atoms with van der Waals surface area (Å²) in [6.07, 6.45) is 10.6. The second kappa shape index (κ2) is 14.7. The van der Waals surface area contributed by atoms with Gasteiger partial charge in [0.1, 0.15) is 16.6 Å². The lowest BCUT2D eigenvalue weighted by atomic mass is 9.79. The molecule has 0 radical (unpaired) electrons. The summed E-state index contributed by atoms with van der Waals surface area (Å²) in [5, 5.41) is 7.32. The molecule has 7 rings (SSSR count). The molecule has 0 bridgehead atoms. The number of ether oxygens (including phenoxy) is 2. The highest BCUT2D eigenvalue weighted by Gasteiger charge is 2.85. The lowest BCUT2D eigenvalue weighted by molar-refractivity contribution is 0.0130. The van der Waals surface area contributed by atoms with Crippen LogP contribution in [0, 0.1) is 34.0 Å². The van der Waals surface area contributed by atoms with E-state index in [1.54, 1.807) is 30.5 Å². The minimum absolute atomic E-state index is 0.0343. The number of hydrogen-bond donors (Lipinski definition) is 2. The number of nitrogens with zero attached hydrogens (tertiary/aromatic N) is 5. The minimum atomic E-state index is -4.37. The molecule has 4 aliphatic rings. The van der Waals surface area contributed by atoms with Crippen LogP contribution in [0.5, 0.6) is 5.88 Å². The number of amides is 2. The number of hydrogen-bond acceptors (Lipinski definition) is 10. The highest BCUT2D eigenvalue weighted by Crippen LogP contribution is 2.93. The van der Waals surface area contributed by atoms with Crippen LogP contribution in [-0.4, -0.2) is 75.9 Å². The predicted molar refractivity (Wildman–Crippen MR) is 218 cm³/mol. The molecular formula is C42H58ClN7O6S. The van der Waals surface area contributed by atoms with Gasteiger partial charge in [-0.2, -0.15) is 8.42 Å². The molecule has 13 nitrogen and oxygen atoms in total. The molecule has 4 fully saturated rings. The van der Waals surface area contributed by atoms with Crippen LogP contribution in [-0.2, 0) is 14.8 Å². The Hall–Kier alpha value is -3.91. The molecule has 1 aliphatic heterocycles. The number of fused-ring (bicyclic) bond motifs is 1. The molecular weight excluding hydrogens is 766 g/mol. The van der Waals surface area contributed by atoms with Crippen LogP contribution in [0.4, 0.5) is 10.6 Å². The molecule has 3 aromatic heterocycles. The van der Waals surface area contributed by atoms with E-state index in [0.29, 0.717) is 48.0 Å². The maximum Gasteiger partial charge on any atom is 0.410 e. The van der Waals surface area contributed by atoms with E-state index in [-0.39, 0.29) is 44.6 Å². The summed E-state index contributed by atoms with van der Waals surface area (Å²) in [5.41, 5.74) is 0.292. The molecule has 0 aromatic carbocycles. The fourth-order valence-electron chi connectivity index (χ4n) is 9.77. The first-order chi connectivity index (χ1) is 26.6. The highest BCUT2D eigenvalue weighted by molar-refractivity contribution is 7.90. The monoisotopic (exact) mass is 823 g/mol. The third-order valence-corrected chi connectivity index (χ3v) is 13.8. The van der Waals surface area contributed by atoms with Crippen LogP contribution < -0.4 is 14.8 Å². The van der Waals surface area contributed by atoms with E-state index in [0.717, 1.165) is 31.6 Å². The van der Waals surface area contributed by atoms with E-state index < -0.39 is 21.5 Å². The van der Waals surface area contributed by atoms with Gasteiger partial charge in [0.25, 0.3) is 15.9 Å². The third kappa shape index (κ3) is 9.06. The van der Waals surface area contributed by atoms with Crippen LogP contribution >= 0.6 is 11.6 Å². The lowest BCUT2D eigenvalue weighted by Gasteiger charge is -2.33. The van der Waals surface area contributed by atoms with Crippen molar-refractivity contribution in [1.82, 2.24) is 29.4 Å². The van der Waals surface area contributed by atoms with Gasteiger partial charge in [-0.25, -0.2) is 24.2 Å². The molecule has 2 amide bonds. The number of aromatic nitrogens is 4. The quantitative estimate of drug-likeness (QED) is 0.152. The Morgan fingerprint density at radius 1 is 1.00 bits per heavy atom. The summed E-state index contributed by atoms with van der Waals surface area (Å²) in [6.45, 7) is 18.1. The molecule has 310 valence electrons. The summed E-state index contributed by atoms with van der Waals surface area (Å²) in [4.78, 5) is 36.8. The number of likely N-dealkylation sites (tertiary alicyclic amines) is 1. The van der Waals surface area contributed by atoms with Crippen molar-refractivity contribution in [3.63, 3.8) is 0 Å². The van der Waals surface area contributed by atoms with Crippen molar-refractivity contribution < 1.29 is 27.5 Å². The lowest BCUT2D eigenvalue weighted by Crippen LogP contribution is -2.45. The smallest absolute Gasteiger partial charge is 0.410 e. The number of carbonyl (C=O) groups is 2. The number of sulfonamides is 1. The third-order valence-electron chi connectivity index (χ3n) is 12.3. The molecule has 2 spiro atoms. The molecule has 3 aliphatic carbocycles. The van der Waals surface area contributed by atoms with Gasteiger partial charge in [0.2, 0.25) is 5.88 Å². The molecule has 57 heavy (non-hydrogen) atoms. The van der Waals surface area contributed by atoms with Crippen LogP contribution in [0.3, 0.4) is 0 Å². The van der Waals surface area contributed by atoms with Gasteiger partial charge >= 0.3 is 6.09 Å². The first-order valence-corrected chi connectivity index (χ1v) is 22.1. The zero-order valence-electron chi connectivity index (χ0n) is 34.5. The molecule has 1 saturated heterocycles. The second-order valence-corrected chi connectivity index (χ2v) is 21.6. The van der Waals surface area contributed by atoms with E-state index in [2.05, 4.69) is 59.7 Å². The van der Waals surface area contributed by atoms with Gasteiger partial charge in [-0.05, 0) is 144 Å². The van der Waals surface area contributed by atoms with E-state index in [1.807, 2.05) is 25.7 Å². The van der Waals surface area contributed by atoms with Crippen molar-refractivity contribution in [3.8, 4) is 11.7 Å². The second-order valence-electron chi connectivity index (χ2n) is 19.6. The Labute approximate surface area is 342 Å². The number of rotatable bonds is 14. The van der Waals surface area contributed by atoms with Crippen LogP contribution in [0.2, 0.25) is 5.15 Å². The van der Waals surface area contributed by atoms with Gasteiger partial charge in [-0.1, -0.05) is 38.4 Å². The molecule has 2 atom stereocenters. The molecule has 3 aromatic rings. The van der Waals surface area contributed by atoms with E-state index in [4.69, 9.17) is 21.1 Å². The van der Waals surface area contributed by atoms with Crippen LogP contribution in [0.1, 0.15) is 117 Å². The molecule has 4 heterocycles. The number of nitrogens with one attached hydrogen (secondary N) is 2. The van der Waals surface area contributed by atoms with Crippen molar-refractivity contribution in [3.05, 3.63) is 53.3 Å². The average molecular weight is 824 g/mol. The number of carbonyl (C=O) groups excluding carboxylic acids is 2. The number of anilines is 1. The van der Waals surface area contributed by atoms with Crippen molar-refractivity contribution in [2.75, 3.05) is 25.0 Å². The molecule has 3 saturated carbocycles. The van der Waals surface area contributed by atoms with Gasteiger partial charge in [0.05, 0.1) is 12.2 Å². The largest absolute Gasteiger partial charge is 0.477 e. The normalized spacial score (nSPS) is 21.0. The average Bonchev–Trinajstić information content (AvgIpc) is 4.05. The SMILES string of the molecule is CC(C)(C)CC(CNc1cccc(S(=O)(=O)NC(=O)c2ccc(-n3ccc(OCCC4C5(CC5)C45CC5)n3)nc2Cl)n1)C[C@@H]1CN(C(=O)OC(C)(C)C)C(C)(C)C1. The van der Waals surface area contributed by atoms with E-state index in [1.165, 1.54) is 42.5 Å². The van der Waals surface area contributed by atoms with Gasteiger partial charge in [0.15, 0.2) is 10.8 Å². The summed E-state index contributed by atoms with van der Waals surface area (Å²) >= 11 is 6.42. The Morgan fingerprint density at radius 2 is 1.70 bits per heavy atom. The zero-order valence-corrected chi connectivity index (χ0v) is 36.1. The minimum Gasteiger partial charge on any atom is -0.477 e. The van der Waals surface area contributed by atoms with Crippen molar-refractivity contribution in [2.45, 2.75) is 123 Å². The Balaban J connectivity index is 0.938. The number of pyridine rings is 2. The maximum atomic E-state index is 13.4. The van der Waals surface area contributed by atoms with Gasteiger partial charge in [-0.3, -0.25) is 4.79 Å². The Bertz CT molecular complexity index is 2100. The fraction of sp³-hybridized carbons (Fsp3) is 0.643. The summed E-state index contributed by atoms with van der Waals surface area (Å²) in [6, 6.07) is 9.32. The molecule has 2 N–H and O–H groups in total. The fourth-order valence-corrected chi connectivity index (χ4v) is 10.9. The van der Waals surface area contributed by atoms with Crippen molar-refractivity contribution in [1.29, 1.82) is 0 Å². The molecule has 15 heteroatoms. The van der Waals surface area contributed by atoms with Crippen molar-refractivity contribution >= 4 is 39.4 Å². The van der Waals surface area contributed by atoms with Gasteiger partial charge < -0.3 is 19.7 Å². The maximum absolute atomic E-state index is 13.4. The highest BCUT2D eigenvalue weighted by atomic mass is 35.5. The standard InChI is InChI=1S/C42H58ClN7O6S/c1-38(2,3)23-27(22-28-24-40(7,8)49(26-28)37(52)56-39(4,5)6)25-44-31-10-9-11-34(45-31)57(53,54)48-36(51)29-12-13-32(46-35(29)43)50-20-14-33(47-50)55-21-15-30-41(16-17-41)42(30)18-19-42/h9-14,20,27-28,30H,15-19,21-26H2,1-8H3,(H,44,45)(H,48,51)/t27?,28-/m0/s1. The van der Waals surface area contributed by atoms with E-state index in [9.17, 15) is 18.0 Å². The molecule has 1 unspecified atom stereocenters. The van der Waals surface area contributed by atoms with Crippen LogP contribution in [0.25, 0.3) is 5.82 Å². The topological polar surface area (TPSA) is 158 Å². The first kappa shape index (κ1) is 41.3. The van der Waals surface area contributed by atoms with E-state index >= 15 is 0 Å². The van der Waals surface area contributed by atoms with Gasteiger partial charge in [-0.15, -0.1) is 5.10 Å². The predicted octanol–water partition coefficient (Wildman–Crippen LogP) is 8.28. The zero-order chi connectivity index (χ0) is 41.2. The van der Waals surface area contributed by atoms with Crippen molar-refractivity contribution in [2.24, 2.45) is 34.0 Å². The summed E-state index contributed by atoms with van der Waals surface area (Å²) < 4.78 is 42.1. The Morgan fingerprint density at radius 3 is 2.33 bits per heavy atom. The Kier molecular flexibility index (Phi) is 10.7. The summed E-state index contributed by atoms with van der Waals surface area (Å²) in [7, 11) is -4.37. The van der Waals surface area contributed by atoms with Gasteiger partial charge in [0, 0.05) is 30.9 Å². The van der Waals surface area contributed by atoms with Crippen LogP contribution in [0.15, 0.2) is 47.6 Å².